The molecule has 0 aromatic heterocycles. The largest absolute Gasteiger partial charge is 0.390 e. The monoisotopic (exact) mass is 316 g/mol. The Hall–Kier alpha value is -0.160. The minimum atomic E-state index is -0.714. The van der Waals surface area contributed by atoms with Crippen LogP contribution in [0.5, 0.6) is 0 Å². The van der Waals surface area contributed by atoms with Gasteiger partial charge in [0.2, 0.25) is 0 Å². The van der Waals surface area contributed by atoms with Crippen LogP contribution in [0.25, 0.3) is 0 Å². The summed E-state index contributed by atoms with van der Waals surface area (Å²) in [7, 11) is 0. The van der Waals surface area contributed by atoms with E-state index in [9.17, 15) is 10.2 Å². The maximum atomic E-state index is 9.81. The zero-order chi connectivity index (χ0) is 16.2. The van der Waals surface area contributed by atoms with Crippen molar-refractivity contribution in [2.24, 2.45) is 0 Å². The van der Waals surface area contributed by atoms with Crippen molar-refractivity contribution in [2.75, 3.05) is 6.61 Å². The SMILES string of the molecule is CCCCCCCCCCCCOC1O[C@@H](C)[C@H](O)C[C@H]1O. The number of unbranched alkanes of at least 4 members (excludes halogenated alkanes) is 9. The Labute approximate surface area is 136 Å². The zero-order valence-electron chi connectivity index (χ0n) is 14.5. The Morgan fingerprint density at radius 3 is 2.00 bits per heavy atom. The van der Waals surface area contributed by atoms with Gasteiger partial charge in [-0.1, -0.05) is 64.7 Å². The first-order valence-electron chi connectivity index (χ1n) is 9.28. The fraction of sp³-hybridized carbons (Fsp3) is 1.00. The maximum absolute atomic E-state index is 9.81. The Morgan fingerprint density at radius 1 is 0.864 bits per heavy atom. The Balaban J connectivity index is 1.89. The van der Waals surface area contributed by atoms with Crippen molar-refractivity contribution in [1.29, 1.82) is 0 Å². The second-order valence-electron chi connectivity index (χ2n) is 6.63. The lowest BCUT2D eigenvalue weighted by atomic mass is 10.0. The van der Waals surface area contributed by atoms with E-state index in [0.29, 0.717) is 13.0 Å². The molecule has 4 atom stereocenters. The summed E-state index contributed by atoms with van der Waals surface area (Å²) >= 11 is 0. The number of rotatable bonds is 12. The van der Waals surface area contributed by atoms with Crippen LogP contribution in [0.2, 0.25) is 0 Å². The topological polar surface area (TPSA) is 58.9 Å². The molecular formula is C18H36O4. The van der Waals surface area contributed by atoms with Crippen LogP contribution < -0.4 is 0 Å². The summed E-state index contributed by atoms with van der Waals surface area (Å²) in [5.41, 5.74) is 0. The number of aliphatic hydroxyl groups excluding tert-OH is 2. The van der Waals surface area contributed by atoms with Gasteiger partial charge in [-0.15, -0.1) is 0 Å². The fourth-order valence-electron chi connectivity index (χ4n) is 2.88. The molecule has 0 aromatic rings. The van der Waals surface area contributed by atoms with E-state index in [1.54, 1.807) is 0 Å². The standard InChI is InChI=1S/C18H36O4/c1-3-4-5-6-7-8-9-10-11-12-13-21-18-17(20)14-16(19)15(2)22-18/h15-20H,3-14H2,1-2H3/t15-,16+,17+,18?/m0/s1. The highest BCUT2D eigenvalue weighted by Gasteiger charge is 2.34. The highest BCUT2D eigenvalue weighted by molar-refractivity contribution is 4.78. The molecule has 0 spiro atoms. The van der Waals surface area contributed by atoms with E-state index in [1.807, 2.05) is 6.92 Å². The molecular weight excluding hydrogens is 280 g/mol. The summed E-state index contributed by atoms with van der Waals surface area (Å²) in [6.07, 6.45) is 11.2. The molecule has 2 N–H and O–H groups in total. The predicted molar refractivity (Wildman–Crippen MR) is 88.8 cm³/mol. The lowest BCUT2D eigenvalue weighted by Gasteiger charge is -2.35. The van der Waals surface area contributed by atoms with Crippen molar-refractivity contribution < 1.29 is 19.7 Å². The van der Waals surface area contributed by atoms with Crippen molar-refractivity contribution in [3.8, 4) is 0 Å². The van der Waals surface area contributed by atoms with E-state index in [1.165, 1.54) is 57.8 Å². The number of hydrogen-bond donors (Lipinski definition) is 2. The third-order valence-electron chi connectivity index (χ3n) is 4.47. The molecule has 1 saturated heterocycles. The highest BCUT2D eigenvalue weighted by Crippen LogP contribution is 2.21. The fourth-order valence-corrected chi connectivity index (χ4v) is 2.88. The van der Waals surface area contributed by atoms with E-state index in [-0.39, 0.29) is 6.10 Å². The normalized spacial score (nSPS) is 28.9. The molecule has 0 bridgehead atoms. The molecule has 4 nitrogen and oxygen atoms in total. The Bertz CT molecular complexity index is 259. The highest BCUT2D eigenvalue weighted by atomic mass is 16.7. The first kappa shape index (κ1) is 19.9. The molecule has 1 fully saturated rings. The quantitative estimate of drug-likeness (QED) is 0.538. The van der Waals surface area contributed by atoms with Crippen molar-refractivity contribution in [1.82, 2.24) is 0 Å². The first-order valence-corrected chi connectivity index (χ1v) is 9.28. The van der Waals surface area contributed by atoms with Crippen molar-refractivity contribution in [3.63, 3.8) is 0 Å². The van der Waals surface area contributed by atoms with Crippen LogP contribution in [0.1, 0.15) is 84.5 Å². The summed E-state index contributed by atoms with van der Waals surface area (Å²) in [6.45, 7) is 4.69. The average Bonchev–Trinajstić information content (AvgIpc) is 2.49. The molecule has 0 aromatic carbocycles. The molecule has 22 heavy (non-hydrogen) atoms. The minimum Gasteiger partial charge on any atom is -0.390 e. The summed E-state index contributed by atoms with van der Waals surface area (Å²) < 4.78 is 11.1. The second-order valence-corrected chi connectivity index (χ2v) is 6.63. The van der Waals surface area contributed by atoms with Gasteiger partial charge in [-0.25, -0.2) is 0 Å². The molecule has 0 saturated carbocycles. The van der Waals surface area contributed by atoms with Crippen LogP contribution in [0.4, 0.5) is 0 Å². The molecule has 4 heteroatoms. The molecule has 0 radical (unpaired) electrons. The molecule has 1 rings (SSSR count). The van der Waals surface area contributed by atoms with Crippen LogP contribution in [-0.4, -0.2) is 41.4 Å². The van der Waals surface area contributed by atoms with Crippen LogP contribution >= 0.6 is 0 Å². The van der Waals surface area contributed by atoms with Gasteiger partial charge in [0, 0.05) is 13.0 Å². The maximum Gasteiger partial charge on any atom is 0.183 e. The van der Waals surface area contributed by atoms with Crippen molar-refractivity contribution >= 4 is 0 Å². The van der Waals surface area contributed by atoms with E-state index in [0.717, 1.165) is 6.42 Å². The van der Waals surface area contributed by atoms with Gasteiger partial charge in [0.05, 0.1) is 12.2 Å². The van der Waals surface area contributed by atoms with E-state index in [2.05, 4.69) is 6.92 Å². The average molecular weight is 316 g/mol. The van der Waals surface area contributed by atoms with Crippen molar-refractivity contribution in [2.45, 2.75) is 109 Å². The molecule has 1 unspecified atom stereocenters. The van der Waals surface area contributed by atoms with Crippen LogP contribution in [0.15, 0.2) is 0 Å². The van der Waals surface area contributed by atoms with Crippen molar-refractivity contribution in [3.05, 3.63) is 0 Å². The van der Waals surface area contributed by atoms with Gasteiger partial charge >= 0.3 is 0 Å². The Morgan fingerprint density at radius 2 is 1.41 bits per heavy atom. The number of aliphatic hydroxyl groups is 2. The summed E-state index contributed by atoms with van der Waals surface area (Å²) in [6, 6.07) is 0. The van der Waals surface area contributed by atoms with Gasteiger partial charge in [-0.05, 0) is 13.3 Å². The van der Waals surface area contributed by atoms with Gasteiger partial charge in [0.25, 0.3) is 0 Å². The molecule has 0 amide bonds. The van der Waals surface area contributed by atoms with Crippen LogP contribution in [0, 0.1) is 0 Å². The molecule has 1 aliphatic heterocycles. The van der Waals surface area contributed by atoms with Crippen LogP contribution in [0.3, 0.4) is 0 Å². The lowest BCUT2D eigenvalue weighted by Crippen LogP contribution is -2.47. The first-order chi connectivity index (χ1) is 10.6. The summed E-state index contributed by atoms with van der Waals surface area (Å²) in [4.78, 5) is 0. The predicted octanol–water partition coefficient (Wildman–Crippen LogP) is 3.78. The smallest absolute Gasteiger partial charge is 0.183 e. The minimum absolute atomic E-state index is 0.263. The van der Waals surface area contributed by atoms with E-state index < -0.39 is 18.5 Å². The van der Waals surface area contributed by atoms with Gasteiger partial charge in [-0.3, -0.25) is 0 Å². The second kappa shape index (κ2) is 12.3. The zero-order valence-corrected chi connectivity index (χ0v) is 14.5. The number of hydrogen-bond acceptors (Lipinski definition) is 4. The summed E-state index contributed by atoms with van der Waals surface area (Å²) in [5.74, 6) is 0. The molecule has 0 aliphatic carbocycles. The van der Waals surface area contributed by atoms with E-state index in [4.69, 9.17) is 9.47 Å². The van der Waals surface area contributed by atoms with Gasteiger partial charge in [0.15, 0.2) is 6.29 Å². The van der Waals surface area contributed by atoms with Gasteiger partial charge in [0.1, 0.15) is 6.10 Å². The number of ether oxygens (including phenoxy) is 2. The molecule has 132 valence electrons. The lowest BCUT2D eigenvalue weighted by molar-refractivity contribution is -0.261. The summed E-state index contributed by atoms with van der Waals surface area (Å²) in [5, 5.41) is 19.4. The van der Waals surface area contributed by atoms with Gasteiger partial charge < -0.3 is 19.7 Å². The van der Waals surface area contributed by atoms with Crippen LogP contribution in [-0.2, 0) is 9.47 Å². The third kappa shape index (κ3) is 8.47. The molecule has 1 heterocycles. The molecule has 1 aliphatic rings. The Kier molecular flexibility index (Phi) is 11.1. The van der Waals surface area contributed by atoms with E-state index >= 15 is 0 Å². The third-order valence-corrected chi connectivity index (χ3v) is 4.47. The van der Waals surface area contributed by atoms with Gasteiger partial charge in [-0.2, -0.15) is 0 Å².